The van der Waals surface area contributed by atoms with Crippen LogP contribution < -0.4 is 20.1 Å². The highest BCUT2D eigenvalue weighted by molar-refractivity contribution is 7.12. The number of nitrogens with zero attached hydrogens (tertiary/aromatic N) is 1. The van der Waals surface area contributed by atoms with Gasteiger partial charge in [-0.2, -0.15) is 0 Å². The lowest BCUT2D eigenvalue weighted by Gasteiger charge is -2.33. The second-order valence-corrected chi connectivity index (χ2v) is 8.09. The topological polar surface area (TPSA) is 79.9 Å². The van der Waals surface area contributed by atoms with Gasteiger partial charge in [-0.1, -0.05) is 6.07 Å². The lowest BCUT2D eigenvalue weighted by molar-refractivity contribution is 0.0910. The minimum absolute atomic E-state index is 0.0149. The number of likely N-dealkylation sites (tertiary alicyclic amines) is 1. The highest BCUT2D eigenvalue weighted by atomic mass is 32.1. The number of piperidine rings is 1. The van der Waals surface area contributed by atoms with E-state index >= 15 is 0 Å². The number of thiophene rings is 1. The summed E-state index contributed by atoms with van der Waals surface area (Å²) < 4.78 is 10.5. The van der Waals surface area contributed by atoms with Gasteiger partial charge in [0, 0.05) is 30.4 Å². The van der Waals surface area contributed by atoms with E-state index in [1.807, 2.05) is 22.4 Å². The van der Waals surface area contributed by atoms with Crippen molar-refractivity contribution in [3.05, 3.63) is 40.6 Å². The first-order valence-electron chi connectivity index (χ1n) is 9.22. The first-order valence-corrected chi connectivity index (χ1v) is 10.1. The Morgan fingerprint density at radius 2 is 1.89 bits per heavy atom. The molecule has 0 unspecified atom stereocenters. The third kappa shape index (κ3) is 3.64. The summed E-state index contributed by atoms with van der Waals surface area (Å²) in [6, 6.07) is 8.77. The molecule has 1 aromatic heterocycles. The van der Waals surface area contributed by atoms with Gasteiger partial charge in [0.2, 0.25) is 0 Å². The number of amides is 3. The van der Waals surface area contributed by atoms with Crippen LogP contribution in [-0.2, 0) is 0 Å². The van der Waals surface area contributed by atoms with E-state index in [2.05, 4.69) is 10.6 Å². The lowest BCUT2D eigenvalue weighted by Crippen LogP contribution is -2.52. The molecule has 1 saturated carbocycles. The largest absolute Gasteiger partial charge is 0.497 e. The number of fused-ring (bicyclic) bond motifs is 2. The van der Waals surface area contributed by atoms with E-state index in [1.165, 1.54) is 11.3 Å². The van der Waals surface area contributed by atoms with Crippen molar-refractivity contribution >= 4 is 29.0 Å². The van der Waals surface area contributed by atoms with Gasteiger partial charge in [-0.15, -0.1) is 11.3 Å². The zero-order chi connectivity index (χ0) is 19.7. The number of urea groups is 1. The molecule has 3 amide bonds. The highest BCUT2D eigenvalue weighted by Crippen LogP contribution is 2.38. The number of benzene rings is 1. The molecule has 28 heavy (non-hydrogen) atoms. The van der Waals surface area contributed by atoms with Gasteiger partial charge in [0.25, 0.3) is 5.91 Å². The summed E-state index contributed by atoms with van der Waals surface area (Å²) in [7, 11) is 3.14. The average Bonchev–Trinajstić information content (AvgIpc) is 3.44. The van der Waals surface area contributed by atoms with Crippen LogP contribution in [0, 0.1) is 5.92 Å². The molecule has 8 heteroatoms. The third-order valence-electron chi connectivity index (χ3n) is 5.41. The van der Waals surface area contributed by atoms with E-state index in [0.29, 0.717) is 34.5 Å². The molecular formula is C20H23N3O4S. The zero-order valence-electron chi connectivity index (χ0n) is 15.8. The summed E-state index contributed by atoms with van der Waals surface area (Å²) in [5, 5.41) is 7.93. The molecule has 2 fully saturated rings. The van der Waals surface area contributed by atoms with Crippen LogP contribution in [0.3, 0.4) is 0 Å². The molecule has 1 aromatic carbocycles. The Morgan fingerprint density at radius 1 is 1.14 bits per heavy atom. The first-order chi connectivity index (χ1) is 13.6. The molecule has 4 rings (SSSR count). The molecule has 2 bridgehead atoms. The number of hydrogen-bond acceptors (Lipinski definition) is 5. The quantitative estimate of drug-likeness (QED) is 0.806. The molecule has 2 heterocycles. The van der Waals surface area contributed by atoms with Crippen LogP contribution in [0.2, 0.25) is 0 Å². The number of anilines is 1. The first kappa shape index (κ1) is 18.6. The van der Waals surface area contributed by atoms with Gasteiger partial charge in [-0.25, -0.2) is 4.79 Å². The Hall–Kier alpha value is -2.74. The number of nitrogens with one attached hydrogen (secondary N) is 2. The molecule has 2 aromatic rings. The predicted molar refractivity (Wildman–Crippen MR) is 107 cm³/mol. The van der Waals surface area contributed by atoms with E-state index in [-0.39, 0.29) is 24.0 Å². The summed E-state index contributed by atoms with van der Waals surface area (Å²) in [4.78, 5) is 27.8. The highest BCUT2D eigenvalue weighted by Gasteiger charge is 2.47. The van der Waals surface area contributed by atoms with E-state index in [0.717, 1.165) is 12.8 Å². The number of carbonyl (C=O) groups excluding carboxylic acids is 2. The van der Waals surface area contributed by atoms with Crippen LogP contribution in [0.4, 0.5) is 10.5 Å². The lowest BCUT2D eigenvalue weighted by atomic mass is 10.1. The normalized spacial score (nSPS) is 22.8. The molecule has 0 spiro atoms. The molecular weight excluding hydrogens is 378 g/mol. The van der Waals surface area contributed by atoms with E-state index in [4.69, 9.17) is 9.47 Å². The number of ether oxygens (including phenoxy) is 2. The molecule has 1 aliphatic heterocycles. The zero-order valence-corrected chi connectivity index (χ0v) is 16.6. The van der Waals surface area contributed by atoms with Crippen LogP contribution in [0.25, 0.3) is 0 Å². The van der Waals surface area contributed by atoms with Gasteiger partial charge >= 0.3 is 6.03 Å². The van der Waals surface area contributed by atoms with Crippen LogP contribution in [-0.4, -0.2) is 49.7 Å². The molecule has 7 nitrogen and oxygen atoms in total. The van der Waals surface area contributed by atoms with Crippen molar-refractivity contribution in [1.29, 1.82) is 0 Å². The fraction of sp³-hybridized carbons (Fsp3) is 0.400. The van der Waals surface area contributed by atoms with Crippen molar-refractivity contribution in [2.45, 2.75) is 24.9 Å². The fourth-order valence-electron chi connectivity index (χ4n) is 4.14. The third-order valence-corrected chi connectivity index (χ3v) is 6.28. The summed E-state index contributed by atoms with van der Waals surface area (Å²) in [6.07, 6.45) is 1.84. The van der Waals surface area contributed by atoms with Crippen molar-refractivity contribution in [2.75, 3.05) is 26.1 Å². The van der Waals surface area contributed by atoms with Gasteiger partial charge in [0.05, 0.1) is 31.2 Å². The summed E-state index contributed by atoms with van der Waals surface area (Å²) in [6.45, 7) is 0.711. The molecule has 1 aliphatic carbocycles. The van der Waals surface area contributed by atoms with Gasteiger partial charge in [-0.05, 0) is 30.2 Å². The number of hydrogen-bond donors (Lipinski definition) is 2. The second-order valence-electron chi connectivity index (χ2n) is 7.15. The van der Waals surface area contributed by atoms with Crippen molar-refractivity contribution in [3.63, 3.8) is 0 Å². The van der Waals surface area contributed by atoms with Crippen molar-refractivity contribution in [1.82, 2.24) is 10.2 Å². The van der Waals surface area contributed by atoms with E-state index in [1.54, 1.807) is 32.4 Å². The maximum Gasteiger partial charge on any atom is 0.322 e. The summed E-state index contributed by atoms with van der Waals surface area (Å²) in [5.74, 6) is 1.58. The van der Waals surface area contributed by atoms with E-state index < -0.39 is 0 Å². The SMILES string of the molecule is COc1cc(NC(=O)N2C[C@@H]3C[C@H](NC(=O)c4cccs4)[C@H]2C3)cc(OC)c1. The molecule has 148 valence electrons. The predicted octanol–water partition coefficient (Wildman–Crippen LogP) is 3.19. The smallest absolute Gasteiger partial charge is 0.322 e. The Kier molecular flexibility index (Phi) is 5.13. The monoisotopic (exact) mass is 401 g/mol. The van der Waals surface area contributed by atoms with Crippen LogP contribution in [0.15, 0.2) is 35.7 Å². The van der Waals surface area contributed by atoms with Crippen LogP contribution in [0.1, 0.15) is 22.5 Å². The Balaban J connectivity index is 1.43. The van der Waals surface area contributed by atoms with E-state index in [9.17, 15) is 9.59 Å². The van der Waals surface area contributed by atoms with Crippen molar-refractivity contribution < 1.29 is 19.1 Å². The fourth-order valence-corrected chi connectivity index (χ4v) is 4.76. The van der Waals surface area contributed by atoms with Crippen molar-refractivity contribution in [2.24, 2.45) is 5.92 Å². The molecule has 0 radical (unpaired) electrons. The standard InChI is InChI=1S/C20H23N3O4S/c1-26-14-8-13(9-15(10-14)27-2)21-20(25)23-11-12-6-16(17(23)7-12)22-19(24)18-4-3-5-28-18/h3-5,8-10,12,16-17H,6-7,11H2,1-2H3,(H,21,25)(H,22,24)/t12-,16+,17-/m1/s1. The van der Waals surface area contributed by atoms with Gasteiger partial charge in [0.15, 0.2) is 0 Å². The number of carbonyl (C=O) groups is 2. The molecule has 3 atom stereocenters. The summed E-state index contributed by atoms with van der Waals surface area (Å²) >= 11 is 1.42. The maximum atomic E-state index is 12.9. The Morgan fingerprint density at radius 3 is 2.50 bits per heavy atom. The van der Waals surface area contributed by atoms with Gasteiger partial charge in [-0.3, -0.25) is 4.79 Å². The van der Waals surface area contributed by atoms with Gasteiger partial charge < -0.3 is 25.0 Å². The minimum Gasteiger partial charge on any atom is -0.497 e. The van der Waals surface area contributed by atoms with Crippen LogP contribution in [0.5, 0.6) is 11.5 Å². The number of rotatable bonds is 5. The maximum absolute atomic E-state index is 12.9. The van der Waals surface area contributed by atoms with Gasteiger partial charge in [0.1, 0.15) is 11.5 Å². The van der Waals surface area contributed by atoms with Crippen molar-refractivity contribution in [3.8, 4) is 11.5 Å². The molecule has 1 saturated heterocycles. The average molecular weight is 401 g/mol. The minimum atomic E-state index is -0.169. The number of methoxy groups -OCH3 is 2. The Bertz CT molecular complexity index is 848. The Labute approximate surface area is 167 Å². The molecule has 2 aliphatic rings. The second kappa shape index (κ2) is 7.71. The summed E-state index contributed by atoms with van der Waals surface area (Å²) in [5.41, 5.74) is 0.614. The molecule has 2 N–H and O–H groups in total. The van der Waals surface area contributed by atoms with Crippen LogP contribution >= 0.6 is 11.3 Å².